The van der Waals surface area contributed by atoms with Gasteiger partial charge in [-0.05, 0) is 51.4 Å². The topological polar surface area (TPSA) is 152 Å². The van der Waals surface area contributed by atoms with Crippen molar-refractivity contribution in [1.29, 1.82) is 0 Å². The van der Waals surface area contributed by atoms with Crippen molar-refractivity contribution in [3.05, 3.63) is 36.5 Å². The predicted molar refractivity (Wildman–Crippen MR) is 206 cm³/mol. The number of ether oxygens (including phenoxy) is 4. The lowest BCUT2D eigenvalue weighted by molar-refractivity contribution is -0.305. The van der Waals surface area contributed by atoms with E-state index in [1.54, 1.807) is 0 Å². The first-order chi connectivity index (χ1) is 25.3. The fraction of sp³-hybridized carbons (Fsp3) is 0.810. The number of allylic oxidation sites excluding steroid dienone is 6. The first kappa shape index (κ1) is 47.9. The first-order valence-corrected chi connectivity index (χ1v) is 20.6. The standard InChI is InChI=1S/C42H74O10/c1-3-5-7-9-11-13-15-16-17-18-19-20-21-23-25-27-29-31-38(45)51-35(34-50-42-41(48)40(47)39(46)36(32-43)52-42)33-49-37(44)30-28-26-24-22-14-12-10-8-6-4-2/h11,13,16-17,19-20,35-36,39-43,46-48H,3-10,12,14-15,18,21-34H2,1-2H3/b13-11+,17-16+,20-19+/t35-,36-,39+,40?,41?,42-/m1/s1. The summed E-state index contributed by atoms with van der Waals surface area (Å²) >= 11 is 0. The summed E-state index contributed by atoms with van der Waals surface area (Å²) in [4.78, 5) is 25.2. The largest absolute Gasteiger partial charge is 0.462 e. The molecule has 0 spiro atoms. The van der Waals surface area contributed by atoms with Crippen LogP contribution in [0.25, 0.3) is 0 Å². The zero-order chi connectivity index (χ0) is 38.1. The van der Waals surface area contributed by atoms with Crippen molar-refractivity contribution in [3.8, 4) is 0 Å². The van der Waals surface area contributed by atoms with Gasteiger partial charge in [0.05, 0.1) is 13.2 Å². The quantitative estimate of drug-likeness (QED) is 0.0297. The van der Waals surface area contributed by atoms with Crippen molar-refractivity contribution in [2.24, 2.45) is 0 Å². The molecule has 10 heteroatoms. The van der Waals surface area contributed by atoms with Crippen molar-refractivity contribution >= 4 is 11.9 Å². The third-order valence-corrected chi connectivity index (χ3v) is 9.28. The van der Waals surface area contributed by atoms with Crippen LogP contribution in [0.15, 0.2) is 36.5 Å². The molecule has 0 aromatic heterocycles. The highest BCUT2D eigenvalue weighted by atomic mass is 16.7. The van der Waals surface area contributed by atoms with E-state index in [1.165, 1.54) is 70.6 Å². The van der Waals surface area contributed by atoms with Crippen LogP contribution < -0.4 is 0 Å². The van der Waals surface area contributed by atoms with Crippen molar-refractivity contribution < 1.29 is 49.0 Å². The number of rotatable bonds is 33. The zero-order valence-corrected chi connectivity index (χ0v) is 32.6. The van der Waals surface area contributed by atoms with Gasteiger partial charge in [0.2, 0.25) is 0 Å². The number of hydrogen-bond donors (Lipinski definition) is 4. The third kappa shape index (κ3) is 25.0. The monoisotopic (exact) mass is 739 g/mol. The first-order valence-electron chi connectivity index (χ1n) is 20.6. The Morgan fingerprint density at radius 3 is 1.65 bits per heavy atom. The van der Waals surface area contributed by atoms with Gasteiger partial charge in [0.25, 0.3) is 0 Å². The van der Waals surface area contributed by atoms with Crippen LogP contribution in [0, 0.1) is 0 Å². The van der Waals surface area contributed by atoms with Gasteiger partial charge in [-0.25, -0.2) is 0 Å². The number of unbranched alkanes of at least 4 members (excludes halogenated alkanes) is 16. The van der Waals surface area contributed by atoms with Gasteiger partial charge in [-0.1, -0.05) is 134 Å². The maximum absolute atomic E-state index is 12.7. The number of carbonyl (C=O) groups is 2. The van der Waals surface area contributed by atoms with Gasteiger partial charge in [0.15, 0.2) is 12.4 Å². The molecule has 4 N–H and O–H groups in total. The number of hydrogen-bond acceptors (Lipinski definition) is 10. The Labute approximate surface area is 315 Å². The summed E-state index contributed by atoms with van der Waals surface area (Å²) in [6.45, 7) is 3.34. The second-order valence-electron chi connectivity index (χ2n) is 14.1. The highest BCUT2D eigenvalue weighted by Gasteiger charge is 2.44. The Kier molecular flexibility index (Phi) is 30.9. The van der Waals surface area contributed by atoms with E-state index in [9.17, 15) is 30.0 Å². The molecule has 0 bridgehead atoms. The summed E-state index contributed by atoms with van der Waals surface area (Å²) in [6.07, 6.45) is 28.7. The van der Waals surface area contributed by atoms with Crippen LogP contribution >= 0.6 is 0 Å². The lowest BCUT2D eigenvalue weighted by Gasteiger charge is -2.39. The predicted octanol–water partition coefficient (Wildman–Crippen LogP) is 7.94. The number of aliphatic hydroxyl groups is 4. The summed E-state index contributed by atoms with van der Waals surface area (Å²) in [5.41, 5.74) is 0. The van der Waals surface area contributed by atoms with Crippen LogP contribution in [0.3, 0.4) is 0 Å². The van der Waals surface area contributed by atoms with E-state index < -0.39 is 49.4 Å². The normalized spacial score (nSPS) is 21.4. The zero-order valence-electron chi connectivity index (χ0n) is 32.6. The van der Waals surface area contributed by atoms with Crippen LogP contribution in [0.1, 0.15) is 162 Å². The molecule has 1 rings (SSSR count). The molecule has 52 heavy (non-hydrogen) atoms. The molecule has 2 unspecified atom stereocenters. The van der Waals surface area contributed by atoms with Crippen molar-refractivity contribution in [3.63, 3.8) is 0 Å². The fourth-order valence-electron chi connectivity index (χ4n) is 5.96. The molecule has 10 nitrogen and oxygen atoms in total. The van der Waals surface area contributed by atoms with Gasteiger partial charge in [-0.2, -0.15) is 0 Å². The van der Waals surface area contributed by atoms with E-state index in [-0.39, 0.29) is 32.0 Å². The van der Waals surface area contributed by atoms with Gasteiger partial charge < -0.3 is 39.4 Å². The maximum Gasteiger partial charge on any atom is 0.306 e. The number of aliphatic hydroxyl groups excluding tert-OH is 4. The molecule has 0 aliphatic carbocycles. The van der Waals surface area contributed by atoms with Gasteiger partial charge in [-0.15, -0.1) is 0 Å². The second-order valence-corrected chi connectivity index (χ2v) is 14.1. The highest BCUT2D eigenvalue weighted by molar-refractivity contribution is 5.70. The Morgan fingerprint density at radius 1 is 0.596 bits per heavy atom. The van der Waals surface area contributed by atoms with E-state index in [2.05, 4.69) is 50.3 Å². The fourth-order valence-corrected chi connectivity index (χ4v) is 5.96. The molecular weight excluding hydrogens is 664 g/mol. The molecule has 1 saturated heterocycles. The molecule has 0 aromatic carbocycles. The minimum Gasteiger partial charge on any atom is -0.462 e. The molecule has 0 saturated carbocycles. The van der Waals surface area contributed by atoms with Crippen LogP contribution in [0.5, 0.6) is 0 Å². The van der Waals surface area contributed by atoms with Crippen LogP contribution in [0.2, 0.25) is 0 Å². The van der Waals surface area contributed by atoms with E-state index in [0.717, 1.165) is 57.8 Å². The van der Waals surface area contributed by atoms with Gasteiger partial charge in [0, 0.05) is 12.8 Å². The Hall–Kier alpha value is -2.08. The minimum absolute atomic E-state index is 0.205. The summed E-state index contributed by atoms with van der Waals surface area (Å²) in [5, 5.41) is 39.9. The van der Waals surface area contributed by atoms with E-state index in [4.69, 9.17) is 18.9 Å². The van der Waals surface area contributed by atoms with Crippen molar-refractivity contribution in [1.82, 2.24) is 0 Å². The average molecular weight is 739 g/mol. The van der Waals surface area contributed by atoms with E-state index >= 15 is 0 Å². The Bertz CT molecular complexity index is 949. The molecule has 0 aromatic rings. The molecule has 6 atom stereocenters. The number of esters is 2. The maximum atomic E-state index is 12.7. The van der Waals surface area contributed by atoms with Crippen LogP contribution in [0.4, 0.5) is 0 Å². The Balaban J connectivity index is 2.39. The molecule has 0 amide bonds. The summed E-state index contributed by atoms with van der Waals surface area (Å²) in [5.74, 6) is -0.834. The van der Waals surface area contributed by atoms with E-state index in [0.29, 0.717) is 6.42 Å². The lowest BCUT2D eigenvalue weighted by atomic mass is 9.99. The molecule has 1 aliphatic rings. The smallest absolute Gasteiger partial charge is 0.306 e. The van der Waals surface area contributed by atoms with Crippen molar-refractivity contribution in [2.75, 3.05) is 19.8 Å². The summed E-state index contributed by atoms with van der Waals surface area (Å²) in [6, 6.07) is 0. The van der Waals surface area contributed by atoms with Crippen LogP contribution in [-0.4, -0.2) is 89.0 Å². The molecule has 0 radical (unpaired) electrons. The van der Waals surface area contributed by atoms with Crippen LogP contribution in [-0.2, 0) is 28.5 Å². The highest BCUT2D eigenvalue weighted by Crippen LogP contribution is 2.22. The van der Waals surface area contributed by atoms with Crippen molar-refractivity contribution in [2.45, 2.75) is 198 Å². The molecule has 1 heterocycles. The summed E-state index contributed by atoms with van der Waals surface area (Å²) in [7, 11) is 0. The number of carbonyl (C=O) groups excluding carboxylic acids is 2. The minimum atomic E-state index is -1.60. The van der Waals surface area contributed by atoms with Gasteiger partial charge >= 0.3 is 11.9 Å². The lowest BCUT2D eigenvalue weighted by Crippen LogP contribution is -2.59. The van der Waals surface area contributed by atoms with E-state index in [1.807, 2.05) is 0 Å². The molecular formula is C42H74O10. The average Bonchev–Trinajstić information content (AvgIpc) is 3.14. The molecule has 1 aliphatic heterocycles. The Morgan fingerprint density at radius 2 is 1.08 bits per heavy atom. The molecule has 302 valence electrons. The van der Waals surface area contributed by atoms with Gasteiger partial charge in [-0.3, -0.25) is 9.59 Å². The summed E-state index contributed by atoms with van der Waals surface area (Å²) < 4.78 is 22.0. The second kappa shape index (κ2) is 33.5. The SMILES string of the molecule is CCCCC/C=C/C/C=C/C/C=C/CCCCCCC(=O)O[C@H](COC(=O)CCCCCCCCCCCC)CO[C@@H]1O[C@H](CO)[C@H](O)C(O)C1O. The van der Waals surface area contributed by atoms with Gasteiger partial charge in [0.1, 0.15) is 31.0 Å². The third-order valence-electron chi connectivity index (χ3n) is 9.28. The molecule has 1 fully saturated rings.